The van der Waals surface area contributed by atoms with Gasteiger partial charge >= 0.3 is 0 Å². The maximum Gasteiger partial charge on any atom is 0.247 e. The summed E-state index contributed by atoms with van der Waals surface area (Å²) >= 11 is 9.44. The molecule has 2 bridgehead atoms. The number of halogens is 2. The molecule has 26 heavy (non-hydrogen) atoms. The van der Waals surface area contributed by atoms with Crippen molar-refractivity contribution in [3.63, 3.8) is 0 Å². The number of carbonyl (C=O) groups excluding carboxylic acids is 3. The molecule has 0 spiro atoms. The van der Waals surface area contributed by atoms with Crippen molar-refractivity contribution in [3.05, 3.63) is 39.3 Å². The number of benzene rings is 1. The van der Waals surface area contributed by atoms with E-state index in [0.717, 1.165) is 21.4 Å². The average molecular weight is 438 g/mol. The molecule has 0 radical (unpaired) electrons. The van der Waals surface area contributed by atoms with Gasteiger partial charge in [0.05, 0.1) is 16.9 Å². The first kappa shape index (κ1) is 17.7. The number of hydrogen-bond donors (Lipinski definition) is 1. The fraction of sp³-hybridized carbons (Fsp3) is 0.421. The molecule has 1 aromatic carbocycles. The average Bonchev–Trinajstić information content (AvgIpc) is 3.26. The predicted molar refractivity (Wildman–Crippen MR) is 102 cm³/mol. The summed E-state index contributed by atoms with van der Waals surface area (Å²) in [5.74, 6) is -1.15. The first-order valence-corrected chi connectivity index (χ1v) is 9.78. The lowest BCUT2D eigenvalue weighted by molar-refractivity contribution is -0.146. The molecule has 0 aromatic heterocycles. The van der Waals surface area contributed by atoms with Gasteiger partial charge in [0.15, 0.2) is 0 Å². The van der Waals surface area contributed by atoms with Crippen molar-refractivity contribution in [3.8, 4) is 0 Å². The molecule has 4 rings (SSSR count). The number of fused-ring (bicyclic) bond motifs is 5. The third-order valence-electron chi connectivity index (χ3n) is 5.80. The van der Waals surface area contributed by atoms with Crippen molar-refractivity contribution >= 4 is 50.9 Å². The van der Waals surface area contributed by atoms with Gasteiger partial charge in [0.25, 0.3) is 0 Å². The van der Waals surface area contributed by atoms with Crippen LogP contribution < -0.4 is 5.32 Å². The van der Waals surface area contributed by atoms with Crippen LogP contribution in [0.25, 0.3) is 0 Å². The highest BCUT2D eigenvalue weighted by molar-refractivity contribution is 9.10. The first-order valence-electron chi connectivity index (χ1n) is 8.61. The summed E-state index contributed by atoms with van der Waals surface area (Å²) in [6.45, 7) is 3.44. The summed E-state index contributed by atoms with van der Waals surface area (Å²) < 4.78 is 0.739. The summed E-state index contributed by atoms with van der Waals surface area (Å²) in [5.41, 5.74) is 1.40. The van der Waals surface area contributed by atoms with E-state index in [9.17, 15) is 14.4 Å². The maximum absolute atomic E-state index is 12.8. The van der Waals surface area contributed by atoms with E-state index in [2.05, 4.69) is 21.2 Å². The van der Waals surface area contributed by atoms with E-state index in [1.54, 1.807) is 13.0 Å². The summed E-state index contributed by atoms with van der Waals surface area (Å²) in [7, 11) is 0. The summed E-state index contributed by atoms with van der Waals surface area (Å²) in [4.78, 5) is 39.5. The Hall–Kier alpha value is -1.66. The molecule has 2 aliphatic carbocycles. The van der Waals surface area contributed by atoms with Crippen molar-refractivity contribution in [1.29, 1.82) is 0 Å². The molecular weight excluding hydrogens is 420 g/mol. The normalized spacial score (nSPS) is 30.1. The van der Waals surface area contributed by atoms with Crippen molar-refractivity contribution in [2.24, 2.45) is 23.7 Å². The van der Waals surface area contributed by atoms with Gasteiger partial charge in [-0.1, -0.05) is 23.8 Å². The molecule has 1 aliphatic heterocycles. The van der Waals surface area contributed by atoms with Crippen LogP contribution in [0.3, 0.4) is 0 Å². The van der Waals surface area contributed by atoms with Gasteiger partial charge in [-0.2, -0.15) is 0 Å². The SMILES string of the molecule is Cc1cc(Br)c(Cl)cc1NC(=O)[C@@H](C)N1C(=O)[C@@H]2[C@H](C1=O)[C@H]1C=C[C@H]2C1. The molecule has 5 nitrogen and oxygen atoms in total. The lowest BCUT2D eigenvalue weighted by atomic mass is 9.85. The highest BCUT2D eigenvalue weighted by Crippen LogP contribution is 2.52. The fourth-order valence-corrected chi connectivity index (χ4v) is 5.06. The lowest BCUT2D eigenvalue weighted by Gasteiger charge is -2.24. The first-order chi connectivity index (χ1) is 12.3. The Labute approximate surface area is 164 Å². The second-order valence-corrected chi connectivity index (χ2v) is 8.55. The minimum Gasteiger partial charge on any atom is -0.324 e. The zero-order valence-corrected chi connectivity index (χ0v) is 16.7. The van der Waals surface area contributed by atoms with E-state index in [1.807, 2.05) is 25.1 Å². The summed E-state index contributed by atoms with van der Waals surface area (Å²) in [6, 6.07) is 2.60. The molecule has 5 atom stereocenters. The Morgan fingerprint density at radius 3 is 2.38 bits per heavy atom. The molecule has 1 aromatic rings. The largest absolute Gasteiger partial charge is 0.324 e. The lowest BCUT2D eigenvalue weighted by Crippen LogP contribution is -2.46. The van der Waals surface area contributed by atoms with Gasteiger partial charge in [-0.15, -0.1) is 0 Å². The molecule has 1 saturated carbocycles. The van der Waals surface area contributed by atoms with Gasteiger partial charge in [-0.05, 0) is 65.7 Å². The number of nitrogens with zero attached hydrogens (tertiary/aromatic N) is 1. The number of amides is 3. The van der Waals surface area contributed by atoms with Crippen molar-refractivity contribution in [1.82, 2.24) is 4.90 Å². The zero-order valence-electron chi connectivity index (χ0n) is 14.3. The Kier molecular flexibility index (Phi) is 4.23. The van der Waals surface area contributed by atoms with E-state index in [0.29, 0.717) is 10.7 Å². The van der Waals surface area contributed by atoms with E-state index in [-0.39, 0.29) is 35.5 Å². The van der Waals surface area contributed by atoms with E-state index < -0.39 is 11.9 Å². The molecule has 1 saturated heterocycles. The van der Waals surface area contributed by atoms with E-state index in [4.69, 9.17) is 11.6 Å². The number of aryl methyl sites for hydroxylation is 1. The predicted octanol–water partition coefficient (Wildman–Crippen LogP) is 3.55. The standard InChI is InChI=1S/C19H18BrClN2O3/c1-8-5-12(20)13(21)7-14(8)22-17(24)9(2)23-18(25)15-10-3-4-11(6-10)16(15)19(23)26/h3-5,7,9-11,15-16H,6H2,1-2H3,(H,22,24)/t9-,10+,11+,15-,16+/m1/s1. The quantitative estimate of drug-likeness (QED) is 0.581. The Morgan fingerprint density at radius 1 is 1.23 bits per heavy atom. The number of likely N-dealkylation sites (tertiary alicyclic amines) is 1. The molecular formula is C19H18BrClN2O3. The number of nitrogens with one attached hydrogen (secondary N) is 1. The molecule has 7 heteroatoms. The maximum atomic E-state index is 12.8. The van der Waals surface area contributed by atoms with Gasteiger partial charge in [0.1, 0.15) is 6.04 Å². The Bertz CT molecular complexity index is 839. The third-order valence-corrected chi connectivity index (χ3v) is 6.99. The highest BCUT2D eigenvalue weighted by Gasteiger charge is 2.60. The summed E-state index contributed by atoms with van der Waals surface area (Å²) in [6.07, 6.45) is 4.95. The van der Waals surface area contributed by atoms with Gasteiger partial charge in [0.2, 0.25) is 17.7 Å². The number of imide groups is 1. The van der Waals surface area contributed by atoms with Crippen LogP contribution in [0.5, 0.6) is 0 Å². The van der Waals surface area contributed by atoms with Crippen molar-refractivity contribution in [2.45, 2.75) is 26.3 Å². The highest BCUT2D eigenvalue weighted by atomic mass is 79.9. The zero-order chi connectivity index (χ0) is 18.7. The van der Waals surface area contributed by atoms with Crippen LogP contribution in [0.1, 0.15) is 18.9 Å². The molecule has 2 fully saturated rings. The van der Waals surface area contributed by atoms with Crippen LogP contribution in [0.4, 0.5) is 5.69 Å². The Balaban J connectivity index is 1.54. The molecule has 1 heterocycles. The molecule has 136 valence electrons. The van der Waals surface area contributed by atoms with Crippen LogP contribution in [0.2, 0.25) is 5.02 Å². The number of hydrogen-bond acceptors (Lipinski definition) is 3. The van der Waals surface area contributed by atoms with Gasteiger partial charge in [-0.3, -0.25) is 19.3 Å². The second-order valence-electron chi connectivity index (χ2n) is 7.29. The number of carbonyl (C=O) groups is 3. The second kappa shape index (κ2) is 6.20. The van der Waals surface area contributed by atoms with E-state index in [1.165, 1.54) is 0 Å². The van der Waals surface area contributed by atoms with E-state index >= 15 is 0 Å². The van der Waals surface area contributed by atoms with Gasteiger partial charge < -0.3 is 5.32 Å². The van der Waals surface area contributed by atoms with Gasteiger partial charge in [-0.25, -0.2) is 0 Å². The molecule has 3 amide bonds. The third kappa shape index (κ3) is 2.54. The van der Waals surface area contributed by atoms with Gasteiger partial charge in [0, 0.05) is 10.2 Å². The minimum atomic E-state index is -0.859. The van der Waals surface area contributed by atoms with Crippen molar-refractivity contribution in [2.75, 3.05) is 5.32 Å². The smallest absolute Gasteiger partial charge is 0.247 e. The number of rotatable bonds is 3. The number of allylic oxidation sites excluding steroid dienone is 2. The van der Waals surface area contributed by atoms with Crippen LogP contribution in [0, 0.1) is 30.6 Å². The van der Waals surface area contributed by atoms with Crippen molar-refractivity contribution < 1.29 is 14.4 Å². The van der Waals surface area contributed by atoms with Crippen LogP contribution >= 0.6 is 27.5 Å². The molecule has 0 unspecified atom stereocenters. The Morgan fingerprint density at radius 2 is 1.81 bits per heavy atom. The minimum absolute atomic E-state index is 0.134. The monoisotopic (exact) mass is 436 g/mol. The topological polar surface area (TPSA) is 66.5 Å². The summed E-state index contributed by atoms with van der Waals surface area (Å²) in [5, 5.41) is 3.27. The van der Waals surface area contributed by atoms with Crippen LogP contribution in [-0.4, -0.2) is 28.7 Å². The fourth-order valence-electron chi connectivity index (χ4n) is 4.44. The van der Waals surface area contributed by atoms with Crippen LogP contribution in [0.15, 0.2) is 28.8 Å². The van der Waals surface area contributed by atoms with Crippen LogP contribution in [-0.2, 0) is 14.4 Å². The number of anilines is 1. The molecule has 1 N–H and O–H groups in total. The molecule has 3 aliphatic rings.